The van der Waals surface area contributed by atoms with Crippen LogP contribution in [0.3, 0.4) is 0 Å². The highest BCUT2D eigenvalue weighted by atomic mass is 32.2. The van der Waals surface area contributed by atoms with E-state index in [9.17, 15) is 13.2 Å². The summed E-state index contributed by atoms with van der Waals surface area (Å²) in [4.78, 5) is 15.1. The molecule has 0 aliphatic carbocycles. The second-order valence-electron chi connectivity index (χ2n) is 7.71. The van der Waals surface area contributed by atoms with Gasteiger partial charge >= 0.3 is 0 Å². The molecule has 3 aromatic carbocycles. The number of sulfonamides is 1. The first-order valence-corrected chi connectivity index (χ1v) is 13.2. The molecule has 0 aliphatic rings. The lowest BCUT2D eigenvalue weighted by atomic mass is 10.0. The van der Waals surface area contributed by atoms with Crippen LogP contribution in [0.4, 0.5) is 5.13 Å². The minimum absolute atomic E-state index is 0.0275. The molecule has 0 unspecified atom stereocenters. The van der Waals surface area contributed by atoms with Gasteiger partial charge in [0, 0.05) is 17.7 Å². The normalized spacial score (nSPS) is 11.4. The molecule has 0 aliphatic heterocycles. The number of hydrogen-bond donors (Lipinski definition) is 1. The number of unbranched alkanes of at least 4 members (excludes halogenated alkanes) is 1. The molecule has 0 atom stereocenters. The second kappa shape index (κ2) is 10.3. The van der Waals surface area contributed by atoms with E-state index in [1.54, 1.807) is 17.0 Å². The fraction of sp³-hybridized carbons (Fsp3) is 0.160. The van der Waals surface area contributed by atoms with Crippen LogP contribution < -0.4 is 10.0 Å². The minimum Gasteiger partial charge on any atom is -0.283 e. The first-order chi connectivity index (χ1) is 16.4. The van der Waals surface area contributed by atoms with E-state index in [2.05, 4.69) is 17.1 Å². The number of aromatic nitrogens is 2. The molecule has 0 fully saturated rings. The van der Waals surface area contributed by atoms with Gasteiger partial charge in [0.05, 0.1) is 4.90 Å². The zero-order chi connectivity index (χ0) is 24.1. The van der Waals surface area contributed by atoms with Crippen LogP contribution in [0.25, 0.3) is 21.7 Å². The van der Waals surface area contributed by atoms with E-state index < -0.39 is 10.0 Å². The Hall–Kier alpha value is -3.40. The Morgan fingerprint density at radius 2 is 1.50 bits per heavy atom. The number of hydrogen-bond acceptors (Lipinski definition) is 6. The van der Waals surface area contributed by atoms with E-state index in [-0.39, 0.29) is 10.8 Å². The van der Waals surface area contributed by atoms with E-state index >= 15 is 0 Å². The Morgan fingerprint density at radius 3 is 2.12 bits per heavy atom. The first kappa shape index (κ1) is 23.7. The summed E-state index contributed by atoms with van der Waals surface area (Å²) in [5.74, 6) is -0.139. The molecule has 34 heavy (non-hydrogen) atoms. The van der Waals surface area contributed by atoms with Crippen LogP contribution in [0.2, 0.25) is 0 Å². The number of carbonyl (C=O) groups excluding carboxylic acids is 1. The van der Waals surface area contributed by atoms with Crippen LogP contribution in [-0.2, 0) is 10.0 Å². The Balaban J connectivity index is 1.58. The maximum Gasteiger partial charge on any atom is 0.260 e. The Labute approximate surface area is 202 Å². The van der Waals surface area contributed by atoms with Gasteiger partial charge in [-0.3, -0.25) is 9.69 Å². The predicted octanol–water partition coefficient (Wildman–Crippen LogP) is 4.97. The van der Waals surface area contributed by atoms with E-state index in [0.717, 1.165) is 24.0 Å². The Bertz CT molecular complexity index is 1370. The molecular weight excluding hydrogens is 468 g/mol. The highest BCUT2D eigenvalue weighted by Gasteiger charge is 2.22. The van der Waals surface area contributed by atoms with E-state index in [1.165, 1.54) is 23.5 Å². The van der Waals surface area contributed by atoms with E-state index in [1.807, 2.05) is 54.6 Å². The lowest BCUT2D eigenvalue weighted by molar-refractivity contribution is 0.0986. The topological polar surface area (TPSA) is 106 Å². The van der Waals surface area contributed by atoms with Crippen molar-refractivity contribution in [3.63, 3.8) is 0 Å². The van der Waals surface area contributed by atoms with Gasteiger partial charge in [-0.05, 0) is 41.8 Å². The Morgan fingerprint density at radius 1 is 0.882 bits per heavy atom. The van der Waals surface area contributed by atoms with Crippen molar-refractivity contribution in [2.75, 3.05) is 11.4 Å². The lowest BCUT2D eigenvalue weighted by Crippen LogP contribution is -2.31. The molecule has 0 saturated heterocycles. The van der Waals surface area contributed by atoms with Crippen molar-refractivity contribution >= 4 is 32.4 Å². The van der Waals surface area contributed by atoms with Gasteiger partial charge < -0.3 is 0 Å². The molecule has 4 rings (SSSR count). The van der Waals surface area contributed by atoms with Crippen molar-refractivity contribution in [3.05, 3.63) is 84.4 Å². The summed E-state index contributed by atoms with van der Waals surface area (Å²) in [7, 11) is -3.77. The standard InChI is InChI=1S/C25H24N4O3S2/c1-2-3-17-29(24(30)21-11-9-19(10-12-21)18-7-5-4-6-8-18)25-28-27-23(33-25)20-13-15-22(16-14-20)34(26,31)32/h4-16H,2-3,17H2,1H3,(H2,26,31,32). The molecule has 4 aromatic rings. The van der Waals surface area contributed by atoms with Crippen molar-refractivity contribution in [1.82, 2.24) is 10.2 Å². The number of nitrogens with two attached hydrogens (primary N) is 1. The third-order valence-corrected chi connectivity index (χ3v) is 7.22. The number of primary sulfonamides is 1. The molecule has 0 bridgehead atoms. The van der Waals surface area contributed by atoms with Gasteiger partial charge in [-0.1, -0.05) is 79.3 Å². The van der Waals surface area contributed by atoms with Crippen LogP contribution >= 0.6 is 11.3 Å². The van der Waals surface area contributed by atoms with E-state index in [4.69, 9.17) is 5.14 Å². The van der Waals surface area contributed by atoms with Gasteiger partial charge in [-0.15, -0.1) is 10.2 Å². The van der Waals surface area contributed by atoms with Crippen LogP contribution in [-0.4, -0.2) is 31.1 Å². The number of anilines is 1. The summed E-state index contributed by atoms with van der Waals surface area (Å²) in [6.45, 7) is 2.59. The summed E-state index contributed by atoms with van der Waals surface area (Å²) >= 11 is 1.28. The number of rotatable bonds is 8. The molecule has 174 valence electrons. The van der Waals surface area contributed by atoms with Gasteiger partial charge in [0.1, 0.15) is 5.01 Å². The van der Waals surface area contributed by atoms with Gasteiger partial charge in [-0.25, -0.2) is 13.6 Å². The predicted molar refractivity (Wildman–Crippen MR) is 135 cm³/mol. The average Bonchev–Trinajstić information content (AvgIpc) is 3.34. The van der Waals surface area contributed by atoms with Crippen LogP contribution in [0.1, 0.15) is 30.1 Å². The molecule has 1 amide bonds. The zero-order valence-corrected chi connectivity index (χ0v) is 20.2. The van der Waals surface area contributed by atoms with Gasteiger partial charge in [0.15, 0.2) is 0 Å². The Kier molecular flexibility index (Phi) is 7.16. The number of benzene rings is 3. The summed E-state index contributed by atoms with van der Waals surface area (Å²) in [6.07, 6.45) is 1.75. The third kappa shape index (κ3) is 5.39. The van der Waals surface area contributed by atoms with Crippen molar-refractivity contribution in [3.8, 4) is 21.7 Å². The molecule has 0 radical (unpaired) electrons. The monoisotopic (exact) mass is 492 g/mol. The third-order valence-electron chi connectivity index (χ3n) is 5.29. The lowest BCUT2D eigenvalue weighted by Gasteiger charge is -2.19. The van der Waals surface area contributed by atoms with E-state index in [0.29, 0.717) is 27.8 Å². The quantitative estimate of drug-likeness (QED) is 0.374. The van der Waals surface area contributed by atoms with Gasteiger partial charge in [0.25, 0.3) is 5.91 Å². The average molecular weight is 493 g/mol. The van der Waals surface area contributed by atoms with Crippen LogP contribution in [0.15, 0.2) is 83.8 Å². The fourth-order valence-corrected chi connectivity index (χ4v) is 4.81. The fourth-order valence-electron chi connectivity index (χ4n) is 3.42. The molecule has 9 heteroatoms. The van der Waals surface area contributed by atoms with Crippen LogP contribution in [0, 0.1) is 0 Å². The van der Waals surface area contributed by atoms with Crippen molar-refractivity contribution in [1.29, 1.82) is 0 Å². The molecule has 1 aromatic heterocycles. The van der Waals surface area contributed by atoms with Crippen molar-refractivity contribution < 1.29 is 13.2 Å². The maximum absolute atomic E-state index is 13.4. The second-order valence-corrected chi connectivity index (χ2v) is 10.2. The van der Waals surface area contributed by atoms with Crippen molar-refractivity contribution in [2.45, 2.75) is 24.7 Å². The molecule has 7 nitrogen and oxygen atoms in total. The minimum atomic E-state index is -3.77. The molecule has 0 saturated carbocycles. The summed E-state index contributed by atoms with van der Waals surface area (Å²) in [5, 5.41) is 14.7. The number of amides is 1. The zero-order valence-electron chi connectivity index (χ0n) is 18.6. The summed E-state index contributed by atoms with van der Waals surface area (Å²) in [5.41, 5.74) is 3.40. The number of carbonyl (C=O) groups is 1. The molecular formula is C25H24N4O3S2. The smallest absolute Gasteiger partial charge is 0.260 e. The molecule has 2 N–H and O–H groups in total. The maximum atomic E-state index is 13.4. The largest absolute Gasteiger partial charge is 0.283 e. The van der Waals surface area contributed by atoms with Gasteiger partial charge in [0.2, 0.25) is 15.2 Å². The number of nitrogens with zero attached hydrogens (tertiary/aromatic N) is 3. The first-order valence-electron chi connectivity index (χ1n) is 10.8. The molecule has 0 spiro atoms. The highest BCUT2D eigenvalue weighted by molar-refractivity contribution is 7.89. The van der Waals surface area contributed by atoms with Crippen LogP contribution in [0.5, 0.6) is 0 Å². The summed E-state index contributed by atoms with van der Waals surface area (Å²) < 4.78 is 23.0. The van der Waals surface area contributed by atoms with Gasteiger partial charge in [-0.2, -0.15) is 0 Å². The molecule has 1 heterocycles. The SMILES string of the molecule is CCCCN(C(=O)c1ccc(-c2ccccc2)cc1)c1nnc(-c2ccc(S(N)(=O)=O)cc2)s1. The van der Waals surface area contributed by atoms with Crippen molar-refractivity contribution in [2.24, 2.45) is 5.14 Å². The highest BCUT2D eigenvalue weighted by Crippen LogP contribution is 2.30. The summed E-state index contributed by atoms with van der Waals surface area (Å²) in [6, 6.07) is 23.7.